The van der Waals surface area contributed by atoms with E-state index in [1.807, 2.05) is 0 Å². The van der Waals surface area contributed by atoms with Gasteiger partial charge in [-0.05, 0) is 61.9 Å². The Balaban J connectivity index is 1.62. The van der Waals surface area contributed by atoms with Crippen molar-refractivity contribution in [2.75, 3.05) is 13.1 Å². The Kier molecular flexibility index (Phi) is 4.32. The monoisotopic (exact) mass is 340 g/mol. The van der Waals surface area contributed by atoms with Crippen molar-refractivity contribution in [3.63, 3.8) is 0 Å². The third-order valence-corrected chi connectivity index (χ3v) is 5.95. The molecule has 1 amide bonds. The molecule has 4 rings (SSSR count). The van der Waals surface area contributed by atoms with Gasteiger partial charge >= 0.3 is 0 Å². The first-order valence-electron chi connectivity index (χ1n) is 9.57. The lowest BCUT2D eigenvalue weighted by Crippen LogP contribution is -2.43. The molecule has 0 saturated carbocycles. The summed E-state index contributed by atoms with van der Waals surface area (Å²) in [4.78, 5) is 15.2. The molecule has 2 aliphatic heterocycles. The van der Waals surface area contributed by atoms with Gasteiger partial charge in [-0.25, -0.2) is 0 Å². The number of carbonyl (C=O) groups excluding carboxylic acids is 1. The van der Waals surface area contributed by atoms with E-state index in [1.54, 1.807) is 6.26 Å². The van der Waals surface area contributed by atoms with E-state index in [1.165, 1.54) is 11.1 Å². The van der Waals surface area contributed by atoms with Crippen molar-refractivity contribution in [2.24, 2.45) is 0 Å². The molecule has 25 heavy (non-hydrogen) atoms. The maximum absolute atomic E-state index is 13.1. The first-order valence-corrected chi connectivity index (χ1v) is 9.57. The quantitative estimate of drug-likeness (QED) is 0.925. The summed E-state index contributed by atoms with van der Waals surface area (Å²) in [5.41, 5.74) is 4.51. The van der Waals surface area contributed by atoms with Crippen LogP contribution in [0.1, 0.15) is 55.7 Å². The number of hydrogen-bond acceptors (Lipinski definition) is 3. The van der Waals surface area contributed by atoms with Crippen molar-refractivity contribution in [3.8, 4) is 0 Å². The Labute approximate surface area is 149 Å². The molecule has 3 heterocycles. The van der Waals surface area contributed by atoms with Crippen LogP contribution in [0.4, 0.5) is 0 Å². The third-order valence-electron chi connectivity index (χ3n) is 5.95. The Morgan fingerprint density at radius 3 is 2.88 bits per heavy atom. The number of nitrogens with zero attached hydrogens (tertiary/aromatic N) is 1. The first kappa shape index (κ1) is 16.6. The molecule has 1 aromatic heterocycles. The summed E-state index contributed by atoms with van der Waals surface area (Å²) in [6.45, 7) is 8.51. The molecule has 2 aliphatic rings. The number of amides is 1. The fourth-order valence-electron chi connectivity index (χ4n) is 4.65. The van der Waals surface area contributed by atoms with E-state index in [0.29, 0.717) is 24.4 Å². The molecule has 2 atom stereocenters. The van der Waals surface area contributed by atoms with Gasteiger partial charge in [0.25, 0.3) is 0 Å². The highest BCUT2D eigenvalue weighted by atomic mass is 16.3. The molecule has 2 aromatic rings. The van der Waals surface area contributed by atoms with Gasteiger partial charge in [0.15, 0.2) is 0 Å². The number of furan rings is 1. The van der Waals surface area contributed by atoms with E-state index in [4.69, 9.17) is 4.42 Å². The predicted molar refractivity (Wildman–Crippen MR) is 99.9 cm³/mol. The van der Waals surface area contributed by atoms with Crippen LogP contribution in [-0.2, 0) is 11.2 Å². The molecule has 0 aliphatic carbocycles. The summed E-state index contributed by atoms with van der Waals surface area (Å²) in [5, 5.41) is 4.57. The highest BCUT2D eigenvalue weighted by Gasteiger charge is 2.37. The van der Waals surface area contributed by atoms with E-state index in [9.17, 15) is 4.79 Å². The minimum atomic E-state index is 0.255. The van der Waals surface area contributed by atoms with Gasteiger partial charge in [-0.2, -0.15) is 0 Å². The highest BCUT2D eigenvalue weighted by molar-refractivity contribution is 5.89. The van der Waals surface area contributed by atoms with Crippen LogP contribution in [-0.4, -0.2) is 36.0 Å². The van der Waals surface area contributed by atoms with Gasteiger partial charge < -0.3 is 14.6 Å². The molecule has 2 unspecified atom stereocenters. The van der Waals surface area contributed by atoms with Crippen molar-refractivity contribution in [1.29, 1.82) is 0 Å². The average molecular weight is 340 g/mol. The molecule has 2 saturated heterocycles. The molecular weight excluding hydrogens is 312 g/mol. The van der Waals surface area contributed by atoms with E-state index in [2.05, 4.69) is 43.1 Å². The van der Waals surface area contributed by atoms with Crippen molar-refractivity contribution in [1.82, 2.24) is 10.2 Å². The molecule has 1 aromatic carbocycles. The zero-order chi connectivity index (χ0) is 17.6. The summed E-state index contributed by atoms with van der Waals surface area (Å²) < 4.78 is 5.76. The second-order valence-electron chi connectivity index (χ2n) is 7.98. The van der Waals surface area contributed by atoms with E-state index in [0.717, 1.165) is 48.9 Å². The lowest BCUT2D eigenvalue weighted by Gasteiger charge is -2.27. The smallest absolute Gasteiger partial charge is 0.227 e. The molecule has 0 radical (unpaired) electrons. The van der Waals surface area contributed by atoms with Crippen LogP contribution in [0.3, 0.4) is 0 Å². The number of fused-ring (bicyclic) bond motifs is 3. The third kappa shape index (κ3) is 2.97. The van der Waals surface area contributed by atoms with Crippen molar-refractivity contribution in [2.45, 2.75) is 64.5 Å². The topological polar surface area (TPSA) is 45.5 Å². The lowest BCUT2D eigenvalue weighted by atomic mass is 9.95. The van der Waals surface area contributed by atoms with Crippen LogP contribution in [0, 0.1) is 6.92 Å². The van der Waals surface area contributed by atoms with Gasteiger partial charge in [-0.3, -0.25) is 4.79 Å². The molecule has 2 fully saturated rings. The molecule has 4 nitrogen and oxygen atoms in total. The van der Waals surface area contributed by atoms with Crippen molar-refractivity contribution in [3.05, 3.63) is 35.1 Å². The summed E-state index contributed by atoms with van der Waals surface area (Å²) in [7, 11) is 0. The zero-order valence-electron chi connectivity index (χ0n) is 15.5. The zero-order valence-corrected chi connectivity index (χ0v) is 15.5. The summed E-state index contributed by atoms with van der Waals surface area (Å²) in [5.74, 6) is 0.723. The maximum Gasteiger partial charge on any atom is 0.227 e. The fourth-order valence-corrected chi connectivity index (χ4v) is 4.65. The number of aryl methyl sites for hydroxylation is 1. The van der Waals surface area contributed by atoms with Crippen molar-refractivity contribution >= 4 is 16.9 Å². The minimum absolute atomic E-state index is 0.255. The van der Waals surface area contributed by atoms with Crippen LogP contribution in [0.2, 0.25) is 0 Å². The Morgan fingerprint density at radius 1 is 1.28 bits per heavy atom. The number of rotatable bonds is 3. The van der Waals surface area contributed by atoms with Crippen LogP contribution in [0.5, 0.6) is 0 Å². The fraction of sp³-hybridized carbons (Fsp3) is 0.571. The normalized spacial score (nSPS) is 23.4. The van der Waals surface area contributed by atoms with Crippen molar-refractivity contribution < 1.29 is 9.21 Å². The van der Waals surface area contributed by atoms with Crippen LogP contribution < -0.4 is 5.32 Å². The largest absolute Gasteiger partial charge is 0.464 e. The van der Waals surface area contributed by atoms with Gasteiger partial charge in [-0.1, -0.05) is 13.8 Å². The Bertz CT molecular complexity index is 779. The Morgan fingerprint density at radius 2 is 2.08 bits per heavy atom. The first-order chi connectivity index (χ1) is 12.0. The summed E-state index contributed by atoms with van der Waals surface area (Å²) in [6.07, 6.45) is 5.59. The van der Waals surface area contributed by atoms with Gasteiger partial charge in [0.2, 0.25) is 5.91 Å². The van der Waals surface area contributed by atoms with Crippen LogP contribution in [0.15, 0.2) is 22.8 Å². The number of nitrogens with one attached hydrogen (secondary N) is 1. The van der Waals surface area contributed by atoms with Crippen LogP contribution in [0.25, 0.3) is 11.0 Å². The van der Waals surface area contributed by atoms with Crippen LogP contribution >= 0.6 is 0 Å². The van der Waals surface area contributed by atoms with Gasteiger partial charge in [0.1, 0.15) is 5.58 Å². The molecule has 0 spiro atoms. The van der Waals surface area contributed by atoms with E-state index >= 15 is 0 Å². The van der Waals surface area contributed by atoms with Gasteiger partial charge in [0.05, 0.1) is 12.7 Å². The maximum atomic E-state index is 13.1. The Hall–Kier alpha value is -1.81. The highest BCUT2D eigenvalue weighted by Crippen LogP contribution is 2.32. The van der Waals surface area contributed by atoms with E-state index in [-0.39, 0.29) is 5.91 Å². The molecule has 134 valence electrons. The van der Waals surface area contributed by atoms with Gasteiger partial charge in [-0.15, -0.1) is 0 Å². The predicted octanol–water partition coefficient (Wildman–Crippen LogP) is 3.76. The molecule has 2 bridgehead atoms. The SMILES string of the molecule is Cc1cc2occ(CC(=O)N3C4CCNCC3CC4)c2cc1C(C)C. The lowest BCUT2D eigenvalue weighted by molar-refractivity contribution is -0.133. The van der Waals surface area contributed by atoms with Gasteiger partial charge in [0, 0.05) is 29.6 Å². The number of hydrogen-bond donors (Lipinski definition) is 1. The molecule has 1 N–H and O–H groups in total. The van der Waals surface area contributed by atoms with E-state index < -0.39 is 0 Å². The average Bonchev–Trinajstić information content (AvgIpc) is 3.05. The molecule has 4 heteroatoms. The number of carbonyl (C=O) groups is 1. The summed E-state index contributed by atoms with van der Waals surface area (Å²) >= 11 is 0. The summed E-state index contributed by atoms with van der Waals surface area (Å²) in [6, 6.07) is 5.11. The molecular formula is C21H28N2O2. The standard InChI is InChI=1S/C21H28N2O2/c1-13(2)18-10-19-15(12-25-20(19)8-14(18)3)9-21(24)23-16-4-5-17(23)11-22-7-6-16/h8,10,12-13,16-17,22H,4-7,9,11H2,1-3H3. The number of benzene rings is 1. The second-order valence-corrected chi connectivity index (χ2v) is 7.98. The minimum Gasteiger partial charge on any atom is -0.464 e. The second kappa shape index (κ2) is 6.49.